The van der Waals surface area contributed by atoms with Crippen LogP contribution in [-0.2, 0) is 6.54 Å². The molecule has 1 rings (SSSR count). The Labute approximate surface area is 124 Å². The van der Waals surface area contributed by atoms with Crippen LogP contribution in [0.5, 0.6) is 5.75 Å². The summed E-state index contributed by atoms with van der Waals surface area (Å²) in [4.78, 5) is 2.40. The molecule has 3 nitrogen and oxygen atoms in total. The maximum absolute atomic E-state index is 5.28. The van der Waals surface area contributed by atoms with Crippen molar-refractivity contribution in [1.29, 1.82) is 0 Å². The minimum atomic E-state index is 0.556. The Morgan fingerprint density at radius 1 is 1.30 bits per heavy atom. The molecule has 114 valence electrons. The molecular formula is C17H30N2O. The molecule has 1 aromatic carbocycles. The molecule has 0 aliphatic carbocycles. The summed E-state index contributed by atoms with van der Waals surface area (Å²) >= 11 is 0. The van der Waals surface area contributed by atoms with Crippen LogP contribution in [0.25, 0.3) is 0 Å². The molecule has 0 spiro atoms. The fourth-order valence-corrected chi connectivity index (χ4v) is 2.38. The monoisotopic (exact) mass is 278 g/mol. The largest absolute Gasteiger partial charge is 0.497 e. The maximum Gasteiger partial charge on any atom is 0.119 e. The number of nitrogens with zero attached hydrogens (tertiary/aromatic N) is 1. The molecule has 0 bridgehead atoms. The Hall–Kier alpha value is -1.06. The van der Waals surface area contributed by atoms with Gasteiger partial charge < -0.3 is 10.1 Å². The van der Waals surface area contributed by atoms with Crippen LogP contribution in [0, 0.1) is 0 Å². The normalized spacial score (nSPS) is 14.3. The lowest BCUT2D eigenvalue weighted by Crippen LogP contribution is -2.36. The van der Waals surface area contributed by atoms with Gasteiger partial charge in [0, 0.05) is 18.6 Å². The summed E-state index contributed by atoms with van der Waals surface area (Å²) < 4.78 is 5.28. The predicted octanol–water partition coefficient (Wildman–Crippen LogP) is 3.29. The Bertz CT molecular complexity index is 381. The SMILES string of the molecule is CCCNC(C)CC(C)N(C)Cc1cccc(OC)c1. The number of nitrogens with one attached hydrogen (secondary N) is 1. The van der Waals surface area contributed by atoms with Gasteiger partial charge in [-0.2, -0.15) is 0 Å². The van der Waals surface area contributed by atoms with Gasteiger partial charge in [-0.15, -0.1) is 0 Å². The zero-order valence-corrected chi connectivity index (χ0v) is 13.6. The van der Waals surface area contributed by atoms with Crippen molar-refractivity contribution in [1.82, 2.24) is 10.2 Å². The van der Waals surface area contributed by atoms with Crippen molar-refractivity contribution in [3.05, 3.63) is 29.8 Å². The summed E-state index contributed by atoms with van der Waals surface area (Å²) in [6, 6.07) is 9.44. The summed E-state index contributed by atoms with van der Waals surface area (Å²) in [5, 5.41) is 3.55. The van der Waals surface area contributed by atoms with Gasteiger partial charge in [0.1, 0.15) is 5.75 Å². The van der Waals surface area contributed by atoms with Crippen LogP contribution in [0.15, 0.2) is 24.3 Å². The topological polar surface area (TPSA) is 24.5 Å². The number of ether oxygens (including phenoxy) is 1. The molecule has 0 amide bonds. The van der Waals surface area contributed by atoms with Crippen molar-refractivity contribution in [3.63, 3.8) is 0 Å². The average molecular weight is 278 g/mol. The molecule has 1 N–H and O–H groups in total. The van der Waals surface area contributed by atoms with E-state index in [1.807, 2.05) is 6.07 Å². The number of hydrogen-bond donors (Lipinski definition) is 1. The smallest absolute Gasteiger partial charge is 0.119 e. The summed E-state index contributed by atoms with van der Waals surface area (Å²) in [5.74, 6) is 0.932. The standard InChI is InChI=1S/C17H30N2O/c1-6-10-18-14(2)11-15(3)19(4)13-16-8-7-9-17(12-16)20-5/h7-9,12,14-15,18H,6,10-11,13H2,1-5H3. The first-order valence-corrected chi connectivity index (χ1v) is 7.63. The second-order valence-corrected chi connectivity index (χ2v) is 5.71. The van der Waals surface area contributed by atoms with Crippen molar-refractivity contribution in [2.75, 3.05) is 20.7 Å². The third kappa shape index (κ3) is 5.93. The van der Waals surface area contributed by atoms with Crippen LogP contribution in [0.1, 0.15) is 39.2 Å². The molecule has 0 aliphatic rings. The minimum absolute atomic E-state index is 0.556. The first-order valence-electron chi connectivity index (χ1n) is 7.63. The van der Waals surface area contributed by atoms with E-state index in [-0.39, 0.29) is 0 Å². The lowest BCUT2D eigenvalue weighted by atomic mass is 10.1. The van der Waals surface area contributed by atoms with Crippen molar-refractivity contribution in [3.8, 4) is 5.75 Å². The van der Waals surface area contributed by atoms with E-state index in [2.05, 4.69) is 56.2 Å². The first kappa shape index (κ1) is 17.0. The molecule has 0 saturated carbocycles. The fraction of sp³-hybridized carbons (Fsp3) is 0.647. The van der Waals surface area contributed by atoms with Crippen LogP contribution in [0.4, 0.5) is 0 Å². The van der Waals surface area contributed by atoms with Gasteiger partial charge in [0.15, 0.2) is 0 Å². The van der Waals surface area contributed by atoms with Crippen LogP contribution in [0.2, 0.25) is 0 Å². The average Bonchev–Trinajstić information content (AvgIpc) is 2.45. The highest BCUT2D eigenvalue weighted by Gasteiger charge is 2.13. The first-order chi connectivity index (χ1) is 9.56. The zero-order chi connectivity index (χ0) is 15.0. The number of hydrogen-bond acceptors (Lipinski definition) is 3. The molecule has 0 heterocycles. The van der Waals surface area contributed by atoms with Gasteiger partial charge in [0.05, 0.1) is 7.11 Å². The molecule has 0 saturated heterocycles. The van der Waals surface area contributed by atoms with Crippen LogP contribution >= 0.6 is 0 Å². The van der Waals surface area contributed by atoms with E-state index in [0.29, 0.717) is 12.1 Å². The Morgan fingerprint density at radius 2 is 2.05 bits per heavy atom. The molecule has 3 heteroatoms. The van der Waals surface area contributed by atoms with Crippen LogP contribution in [0.3, 0.4) is 0 Å². The van der Waals surface area contributed by atoms with Gasteiger partial charge in [0.25, 0.3) is 0 Å². The molecule has 0 aromatic heterocycles. The van der Waals surface area contributed by atoms with Gasteiger partial charge in [-0.3, -0.25) is 4.90 Å². The number of rotatable bonds is 9. The summed E-state index contributed by atoms with van der Waals surface area (Å²) in [6.07, 6.45) is 2.36. The molecule has 0 aliphatic heterocycles. The fourth-order valence-electron chi connectivity index (χ4n) is 2.38. The third-order valence-corrected chi connectivity index (χ3v) is 3.76. The quantitative estimate of drug-likeness (QED) is 0.750. The lowest BCUT2D eigenvalue weighted by molar-refractivity contribution is 0.222. The molecule has 0 fully saturated rings. The van der Waals surface area contributed by atoms with Gasteiger partial charge in [-0.05, 0) is 58.0 Å². The molecule has 0 radical (unpaired) electrons. The summed E-state index contributed by atoms with van der Waals surface area (Å²) in [7, 11) is 3.91. The van der Waals surface area contributed by atoms with E-state index in [1.165, 1.54) is 18.4 Å². The molecule has 2 atom stereocenters. The van der Waals surface area contributed by atoms with Gasteiger partial charge in [-0.1, -0.05) is 19.1 Å². The van der Waals surface area contributed by atoms with Crippen LogP contribution in [-0.4, -0.2) is 37.7 Å². The Morgan fingerprint density at radius 3 is 2.70 bits per heavy atom. The minimum Gasteiger partial charge on any atom is -0.497 e. The van der Waals surface area contributed by atoms with Crippen molar-refractivity contribution in [2.24, 2.45) is 0 Å². The van der Waals surface area contributed by atoms with E-state index in [1.54, 1.807) is 7.11 Å². The molecular weight excluding hydrogens is 248 g/mol. The van der Waals surface area contributed by atoms with E-state index < -0.39 is 0 Å². The maximum atomic E-state index is 5.28. The van der Waals surface area contributed by atoms with Crippen molar-refractivity contribution >= 4 is 0 Å². The molecule has 1 aromatic rings. The second-order valence-electron chi connectivity index (χ2n) is 5.71. The zero-order valence-electron chi connectivity index (χ0n) is 13.6. The number of methoxy groups -OCH3 is 1. The van der Waals surface area contributed by atoms with E-state index in [9.17, 15) is 0 Å². The van der Waals surface area contributed by atoms with Crippen molar-refractivity contribution in [2.45, 2.75) is 52.2 Å². The Balaban J connectivity index is 2.45. The third-order valence-electron chi connectivity index (χ3n) is 3.76. The second kappa shape index (κ2) is 8.98. The van der Waals surface area contributed by atoms with Crippen LogP contribution < -0.4 is 10.1 Å². The van der Waals surface area contributed by atoms with Gasteiger partial charge in [-0.25, -0.2) is 0 Å². The molecule has 20 heavy (non-hydrogen) atoms. The summed E-state index contributed by atoms with van der Waals surface area (Å²) in [6.45, 7) is 8.83. The van der Waals surface area contributed by atoms with Gasteiger partial charge in [0.2, 0.25) is 0 Å². The highest BCUT2D eigenvalue weighted by Crippen LogP contribution is 2.15. The Kier molecular flexibility index (Phi) is 7.63. The predicted molar refractivity (Wildman–Crippen MR) is 86.3 cm³/mol. The van der Waals surface area contributed by atoms with E-state index in [0.717, 1.165) is 18.8 Å². The molecule has 2 unspecified atom stereocenters. The highest BCUT2D eigenvalue weighted by atomic mass is 16.5. The van der Waals surface area contributed by atoms with E-state index in [4.69, 9.17) is 4.74 Å². The van der Waals surface area contributed by atoms with E-state index >= 15 is 0 Å². The van der Waals surface area contributed by atoms with Crippen molar-refractivity contribution < 1.29 is 4.74 Å². The number of benzene rings is 1. The highest BCUT2D eigenvalue weighted by molar-refractivity contribution is 5.28. The van der Waals surface area contributed by atoms with Gasteiger partial charge >= 0.3 is 0 Å². The lowest BCUT2D eigenvalue weighted by Gasteiger charge is -2.27. The summed E-state index contributed by atoms with van der Waals surface area (Å²) in [5.41, 5.74) is 1.30.